The first-order valence-corrected chi connectivity index (χ1v) is 18.6. The number of aromatic nitrogens is 1. The molecule has 0 bridgehead atoms. The van der Waals surface area contributed by atoms with Gasteiger partial charge in [-0.05, 0) is 51.8 Å². The van der Waals surface area contributed by atoms with Gasteiger partial charge in [0.1, 0.15) is 21.9 Å². The minimum atomic E-state index is -0.758. The summed E-state index contributed by atoms with van der Waals surface area (Å²) in [4.78, 5) is 60.7. The van der Waals surface area contributed by atoms with Crippen LogP contribution in [0.2, 0.25) is 0 Å². The minimum Gasteiger partial charge on any atom is -0.448 e. The van der Waals surface area contributed by atoms with E-state index in [2.05, 4.69) is 10.3 Å². The molecule has 0 saturated carbocycles. The van der Waals surface area contributed by atoms with E-state index in [1.54, 1.807) is 35.9 Å². The Bertz CT molecular complexity index is 2060. The zero-order valence-electron chi connectivity index (χ0n) is 25.2. The molecule has 8 nitrogen and oxygen atoms in total. The van der Waals surface area contributed by atoms with E-state index in [0.717, 1.165) is 20.2 Å². The molecule has 12 heteroatoms. The van der Waals surface area contributed by atoms with E-state index in [9.17, 15) is 19.2 Å². The Hall–Kier alpha value is -4.49. The molecule has 1 saturated heterocycles. The van der Waals surface area contributed by atoms with Crippen molar-refractivity contribution in [2.45, 2.75) is 28.1 Å². The van der Waals surface area contributed by atoms with E-state index in [0.29, 0.717) is 21.5 Å². The van der Waals surface area contributed by atoms with Crippen molar-refractivity contribution in [3.63, 3.8) is 0 Å². The molecular weight excluding hydrogens is 683 g/mol. The van der Waals surface area contributed by atoms with Crippen LogP contribution >= 0.6 is 46.2 Å². The van der Waals surface area contributed by atoms with Gasteiger partial charge in [-0.25, -0.2) is 9.78 Å². The number of nitrogens with zero attached hydrogens (tertiary/aromatic N) is 2. The number of nitrogens with one attached hydrogen (secondary N) is 1. The first kappa shape index (κ1) is 32.1. The number of thiophene rings is 1. The number of carbonyl (C=O) groups excluding carboxylic acids is 3. The topological polar surface area (TPSA) is 106 Å². The summed E-state index contributed by atoms with van der Waals surface area (Å²) in [6.07, 6.45) is 2.92. The molecule has 5 heterocycles. The average Bonchev–Trinajstić information content (AvgIpc) is 3.63. The highest BCUT2D eigenvalue weighted by atomic mass is 32.2. The van der Waals surface area contributed by atoms with Crippen LogP contribution in [0.25, 0.3) is 10.2 Å². The van der Waals surface area contributed by atoms with Crippen molar-refractivity contribution in [3.8, 4) is 0 Å². The second kappa shape index (κ2) is 14.3. The van der Waals surface area contributed by atoms with Crippen molar-refractivity contribution in [3.05, 3.63) is 152 Å². The number of hydrogen-bond acceptors (Lipinski definition) is 10. The van der Waals surface area contributed by atoms with E-state index in [1.807, 2.05) is 78.2 Å². The number of β-lactam (4-membered cyclic amide) rings is 1. The molecule has 2 atom stereocenters. The van der Waals surface area contributed by atoms with Crippen LogP contribution in [0.15, 0.2) is 134 Å². The largest absolute Gasteiger partial charge is 0.448 e. The maximum atomic E-state index is 14.2. The van der Waals surface area contributed by atoms with Gasteiger partial charge in [0.15, 0.2) is 11.5 Å². The fourth-order valence-corrected chi connectivity index (χ4v) is 9.42. The van der Waals surface area contributed by atoms with Crippen molar-refractivity contribution in [2.75, 3.05) is 5.75 Å². The number of ether oxygens (including phenoxy) is 1. The number of esters is 1. The number of rotatable bonds is 10. The van der Waals surface area contributed by atoms with E-state index < -0.39 is 23.5 Å². The van der Waals surface area contributed by atoms with Crippen molar-refractivity contribution in [1.82, 2.24) is 15.2 Å². The van der Waals surface area contributed by atoms with Gasteiger partial charge in [0.25, 0.3) is 5.91 Å². The highest BCUT2D eigenvalue weighted by Crippen LogP contribution is 2.42. The average molecular weight is 710 g/mol. The van der Waals surface area contributed by atoms with Crippen LogP contribution in [-0.4, -0.2) is 44.8 Å². The molecule has 1 N–H and O–H groups in total. The van der Waals surface area contributed by atoms with E-state index >= 15 is 0 Å². The molecular formula is C36H27N3O5S4. The molecule has 3 aromatic heterocycles. The van der Waals surface area contributed by atoms with Crippen LogP contribution in [0.5, 0.6) is 0 Å². The number of hydrogen-bond donors (Lipinski definition) is 1. The highest BCUT2D eigenvalue weighted by molar-refractivity contribution is 8.04. The van der Waals surface area contributed by atoms with Gasteiger partial charge in [0, 0.05) is 22.9 Å². The molecule has 240 valence electrons. The van der Waals surface area contributed by atoms with Crippen LogP contribution in [-0.2, 0) is 25.5 Å². The quantitative estimate of drug-likeness (QED) is 0.0989. The second-order valence-electron chi connectivity index (χ2n) is 10.9. The number of amides is 2. The molecule has 2 aromatic carbocycles. The third kappa shape index (κ3) is 6.74. The van der Waals surface area contributed by atoms with Crippen LogP contribution in [0.4, 0.5) is 0 Å². The van der Waals surface area contributed by atoms with E-state index in [-0.39, 0.29) is 29.4 Å². The molecule has 1 unspecified atom stereocenters. The molecule has 0 radical (unpaired) electrons. The molecule has 1 fully saturated rings. The maximum absolute atomic E-state index is 14.2. The van der Waals surface area contributed by atoms with Gasteiger partial charge in [-0.2, -0.15) is 0 Å². The van der Waals surface area contributed by atoms with Gasteiger partial charge in [-0.3, -0.25) is 19.3 Å². The van der Waals surface area contributed by atoms with E-state index in [1.165, 1.54) is 51.1 Å². The summed E-state index contributed by atoms with van der Waals surface area (Å²) >= 11 is 5.70. The Morgan fingerprint density at radius 2 is 1.75 bits per heavy atom. The van der Waals surface area contributed by atoms with Gasteiger partial charge in [0.05, 0.1) is 16.0 Å². The summed E-state index contributed by atoms with van der Waals surface area (Å²) in [6, 6.07) is 27.0. The molecule has 2 aliphatic rings. The van der Waals surface area contributed by atoms with Crippen molar-refractivity contribution < 1.29 is 19.1 Å². The number of thioether (sulfide) groups is 2. The zero-order valence-corrected chi connectivity index (χ0v) is 28.5. The Labute approximate surface area is 292 Å². The highest BCUT2D eigenvalue weighted by Gasteiger charge is 2.54. The fraction of sp³-hybridized carbons (Fsp3) is 0.139. The number of fused-ring (bicyclic) bond motifs is 2. The standard InChI is InChI=1S/C36H27N3O5S4/c40-27-20-29(48-33-26(27)14-7-16-37-33)46-18-15-24-21-47-35-30(38-28(41)19-25-13-8-17-45-25)34(42)39(35)31(24)36(43)44-32(22-9-3-1-4-10-22)23-11-5-2-6-12-23/h1-18,20,30,32,35H,19,21H2,(H,38,41)/t30?,35-/m1/s1. The number of allylic oxidation sites excluding steroid dienone is 1. The Morgan fingerprint density at radius 3 is 2.46 bits per heavy atom. The Morgan fingerprint density at radius 1 is 1.00 bits per heavy atom. The minimum absolute atomic E-state index is 0.112. The lowest BCUT2D eigenvalue weighted by molar-refractivity contribution is -0.154. The SMILES string of the molecule is O=C(Cc1cccs1)NC1C(=O)N2C(C(=O)OC(c3ccccc3)c3ccccc3)=C(C=CSc3cc(=O)c4cccnc4s3)CS[C@H]12. The summed E-state index contributed by atoms with van der Waals surface area (Å²) in [6.45, 7) is 0. The molecule has 48 heavy (non-hydrogen) atoms. The predicted octanol–water partition coefficient (Wildman–Crippen LogP) is 6.55. The van der Waals surface area contributed by atoms with Gasteiger partial charge in [0.2, 0.25) is 5.91 Å². The Kier molecular flexibility index (Phi) is 9.57. The first-order valence-electron chi connectivity index (χ1n) is 15.0. The molecule has 7 rings (SSSR count). The number of pyridine rings is 1. The zero-order chi connectivity index (χ0) is 33.0. The van der Waals surface area contributed by atoms with Gasteiger partial charge < -0.3 is 10.1 Å². The van der Waals surface area contributed by atoms with Crippen molar-refractivity contribution in [2.24, 2.45) is 0 Å². The summed E-state index contributed by atoms with van der Waals surface area (Å²) < 4.78 is 6.98. The number of benzene rings is 2. The first-order chi connectivity index (χ1) is 23.5. The smallest absolute Gasteiger partial charge is 0.356 e. The lowest BCUT2D eigenvalue weighted by Crippen LogP contribution is -2.70. The molecule has 2 amide bonds. The van der Waals surface area contributed by atoms with Crippen LogP contribution < -0.4 is 10.7 Å². The summed E-state index contributed by atoms with van der Waals surface area (Å²) in [5.74, 6) is -0.848. The van der Waals surface area contributed by atoms with Crippen LogP contribution in [0, 0.1) is 0 Å². The summed E-state index contributed by atoms with van der Waals surface area (Å²) in [5.41, 5.74) is 2.23. The maximum Gasteiger partial charge on any atom is 0.356 e. The second-order valence-corrected chi connectivity index (χ2v) is 15.3. The fourth-order valence-electron chi connectivity index (χ4n) is 5.51. The van der Waals surface area contributed by atoms with E-state index in [4.69, 9.17) is 4.74 Å². The third-order valence-corrected chi connectivity index (χ3v) is 12.0. The molecule has 5 aromatic rings. The molecule has 0 spiro atoms. The normalized spacial score (nSPS) is 17.4. The monoisotopic (exact) mass is 709 g/mol. The summed E-state index contributed by atoms with van der Waals surface area (Å²) in [7, 11) is 0. The van der Waals surface area contributed by atoms with Gasteiger partial charge >= 0.3 is 5.97 Å². The molecule has 0 aliphatic carbocycles. The van der Waals surface area contributed by atoms with Crippen molar-refractivity contribution >= 4 is 74.2 Å². The van der Waals surface area contributed by atoms with Crippen molar-refractivity contribution in [1.29, 1.82) is 0 Å². The Balaban J connectivity index is 1.18. The van der Waals surface area contributed by atoms with Crippen LogP contribution in [0.1, 0.15) is 22.1 Å². The lowest BCUT2D eigenvalue weighted by Gasteiger charge is -2.49. The molecule has 2 aliphatic heterocycles. The lowest BCUT2D eigenvalue weighted by atomic mass is 10.0. The third-order valence-electron chi connectivity index (χ3n) is 7.79. The van der Waals surface area contributed by atoms with Gasteiger partial charge in [-0.15, -0.1) is 34.4 Å². The summed E-state index contributed by atoms with van der Waals surface area (Å²) in [5, 5.41) is 6.70. The van der Waals surface area contributed by atoms with Gasteiger partial charge in [-0.1, -0.05) is 78.5 Å². The van der Waals surface area contributed by atoms with Crippen LogP contribution in [0.3, 0.4) is 0 Å². The number of carbonyl (C=O) groups is 3. The predicted molar refractivity (Wildman–Crippen MR) is 192 cm³/mol.